The molecule has 0 heterocycles. The second kappa shape index (κ2) is 29.7. The quantitative estimate of drug-likeness (QED) is 0.0675. The Morgan fingerprint density at radius 1 is 0.265 bits per heavy atom. The molecule has 0 spiro atoms. The fourth-order valence-electron chi connectivity index (χ4n) is 5.58. The summed E-state index contributed by atoms with van der Waals surface area (Å²) in [5, 5.41) is 0. The molecule has 0 aromatic carbocycles. The van der Waals surface area contributed by atoms with Gasteiger partial charge in [-0.3, -0.25) is 0 Å². The van der Waals surface area contributed by atoms with Crippen molar-refractivity contribution in [1.82, 2.24) is 0 Å². The Kier molecular flexibility index (Phi) is 31.9. The summed E-state index contributed by atoms with van der Waals surface area (Å²) in [5.41, 5.74) is 0. The third kappa shape index (κ3) is 24.1. The summed E-state index contributed by atoms with van der Waals surface area (Å²) >= 11 is 0. The van der Waals surface area contributed by atoms with Gasteiger partial charge in [-0.2, -0.15) is 0 Å². The van der Waals surface area contributed by atoms with Gasteiger partial charge in [0.05, 0.1) is 26.2 Å². The van der Waals surface area contributed by atoms with Crippen molar-refractivity contribution in [3.8, 4) is 0 Å². The number of unbranched alkanes of at least 4 members (excludes halogenated alkanes) is 20. The van der Waals surface area contributed by atoms with E-state index in [0.717, 1.165) is 0 Å². The highest BCUT2D eigenvalue weighted by atomic mass is 79.9. The summed E-state index contributed by atoms with van der Waals surface area (Å²) in [6, 6.07) is 0. The molecule has 0 aliphatic rings. The van der Waals surface area contributed by atoms with Crippen molar-refractivity contribution in [2.75, 3.05) is 26.2 Å². The van der Waals surface area contributed by atoms with Crippen molar-refractivity contribution < 1.29 is 4.48 Å². The fourth-order valence-corrected chi connectivity index (χ4v) is 5.58. The number of nitrogens with zero attached hydrogens (tertiary/aromatic N) is 1. The van der Waals surface area contributed by atoms with Crippen LogP contribution in [-0.4, -0.2) is 30.7 Å². The minimum absolute atomic E-state index is 0. The van der Waals surface area contributed by atoms with Crippen molar-refractivity contribution >= 4 is 17.0 Å². The van der Waals surface area contributed by atoms with Gasteiger partial charge in [0.15, 0.2) is 0 Å². The van der Waals surface area contributed by atoms with Gasteiger partial charge in [0.25, 0.3) is 0 Å². The molecular weight excluding hydrogens is 478 g/mol. The second-order valence-electron chi connectivity index (χ2n) is 11.3. The maximum absolute atomic E-state index is 2.34. The second-order valence-corrected chi connectivity index (χ2v) is 11.3. The van der Waals surface area contributed by atoms with Crippen molar-refractivity contribution in [1.29, 1.82) is 0 Å². The SMILES string of the molecule is Br.CCCCCCCC[N+](CCCCCCCC)(CCCCCCCC)CCCCCCCC. The Hall–Kier alpha value is 0.440. The molecule has 1 nitrogen and oxygen atoms in total. The van der Waals surface area contributed by atoms with E-state index in [-0.39, 0.29) is 17.0 Å². The third-order valence-corrected chi connectivity index (χ3v) is 7.94. The van der Waals surface area contributed by atoms with Crippen LogP contribution in [0.1, 0.15) is 182 Å². The van der Waals surface area contributed by atoms with E-state index in [1.165, 1.54) is 185 Å². The van der Waals surface area contributed by atoms with E-state index in [4.69, 9.17) is 0 Å². The van der Waals surface area contributed by atoms with Crippen LogP contribution in [0.5, 0.6) is 0 Å². The smallest absolute Gasteiger partial charge is 0.0786 e. The molecule has 0 atom stereocenters. The molecule has 0 radical (unpaired) electrons. The molecule has 0 aliphatic heterocycles. The minimum Gasteiger partial charge on any atom is -0.324 e. The third-order valence-electron chi connectivity index (χ3n) is 7.94. The largest absolute Gasteiger partial charge is 0.324 e. The van der Waals surface area contributed by atoms with Gasteiger partial charge >= 0.3 is 0 Å². The van der Waals surface area contributed by atoms with E-state index in [2.05, 4.69) is 27.7 Å². The molecule has 0 amide bonds. The van der Waals surface area contributed by atoms with Gasteiger partial charge in [0.2, 0.25) is 0 Å². The molecule has 0 N–H and O–H groups in total. The van der Waals surface area contributed by atoms with Crippen LogP contribution in [0, 0.1) is 0 Å². The molecule has 0 aromatic heterocycles. The monoisotopic (exact) mass is 546 g/mol. The van der Waals surface area contributed by atoms with E-state index in [1.54, 1.807) is 0 Å². The lowest BCUT2D eigenvalue weighted by Gasteiger charge is -2.40. The van der Waals surface area contributed by atoms with Gasteiger partial charge < -0.3 is 4.48 Å². The van der Waals surface area contributed by atoms with Crippen LogP contribution in [0.15, 0.2) is 0 Å². The van der Waals surface area contributed by atoms with E-state index in [0.29, 0.717) is 0 Å². The van der Waals surface area contributed by atoms with E-state index in [1.807, 2.05) is 0 Å². The average Bonchev–Trinajstić information content (AvgIpc) is 2.83. The lowest BCUT2D eigenvalue weighted by Crippen LogP contribution is -2.50. The van der Waals surface area contributed by atoms with Crippen LogP contribution in [0.25, 0.3) is 0 Å². The molecule has 0 unspecified atom stereocenters. The van der Waals surface area contributed by atoms with Crippen LogP contribution in [-0.2, 0) is 0 Å². The molecule has 0 bridgehead atoms. The first-order chi connectivity index (χ1) is 16.2. The van der Waals surface area contributed by atoms with Gasteiger partial charge in [-0.15, -0.1) is 17.0 Å². The maximum atomic E-state index is 2.34. The Morgan fingerprint density at radius 2 is 0.441 bits per heavy atom. The van der Waals surface area contributed by atoms with Crippen molar-refractivity contribution in [2.45, 2.75) is 182 Å². The number of rotatable bonds is 28. The first kappa shape index (κ1) is 36.6. The lowest BCUT2D eigenvalue weighted by atomic mass is 10.0. The molecule has 34 heavy (non-hydrogen) atoms. The molecule has 0 aromatic rings. The van der Waals surface area contributed by atoms with Crippen molar-refractivity contribution in [2.24, 2.45) is 0 Å². The van der Waals surface area contributed by atoms with Crippen LogP contribution < -0.4 is 0 Å². The molecule has 0 rings (SSSR count). The van der Waals surface area contributed by atoms with Crippen LogP contribution in [0.2, 0.25) is 0 Å². The molecular formula is C32H69BrN+. The molecule has 0 saturated carbocycles. The zero-order valence-electron chi connectivity index (χ0n) is 24.7. The minimum atomic E-state index is 0. The highest BCUT2D eigenvalue weighted by Crippen LogP contribution is 2.20. The molecule has 208 valence electrons. The zero-order chi connectivity index (χ0) is 24.3. The summed E-state index contributed by atoms with van der Waals surface area (Å²) in [7, 11) is 0. The Balaban J connectivity index is 0. The molecule has 2 heteroatoms. The highest BCUT2D eigenvalue weighted by Gasteiger charge is 2.25. The van der Waals surface area contributed by atoms with E-state index >= 15 is 0 Å². The van der Waals surface area contributed by atoms with Crippen LogP contribution in [0.4, 0.5) is 0 Å². The Bertz CT molecular complexity index is 287. The average molecular weight is 548 g/mol. The number of hydrogen-bond donors (Lipinski definition) is 0. The van der Waals surface area contributed by atoms with Gasteiger partial charge in [-0.25, -0.2) is 0 Å². The predicted molar refractivity (Wildman–Crippen MR) is 164 cm³/mol. The number of hydrogen-bond acceptors (Lipinski definition) is 0. The maximum Gasteiger partial charge on any atom is 0.0786 e. The number of quaternary nitrogens is 1. The summed E-state index contributed by atoms with van der Waals surface area (Å²) in [6.07, 6.45) is 34.8. The van der Waals surface area contributed by atoms with E-state index < -0.39 is 0 Å². The first-order valence-corrected chi connectivity index (χ1v) is 16.1. The Labute approximate surface area is 229 Å². The highest BCUT2D eigenvalue weighted by molar-refractivity contribution is 8.93. The van der Waals surface area contributed by atoms with Crippen LogP contribution in [0.3, 0.4) is 0 Å². The summed E-state index contributed by atoms with van der Waals surface area (Å²) in [4.78, 5) is 0. The van der Waals surface area contributed by atoms with Crippen molar-refractivity contribution in [3.63, 3.8) is 0 Å². The molecule has 0 aliphatic carbocycles. The molecule has 0 saturated heterocycles. The summed E-state index contributed by atoms with van der Waals surface area (Å²) in [6.45, 7) is 15.3. The van der Waals surface area contributed by atoms with Gasteiger partial charge in [0.1, 0.15) is 0 Å². The normalized spacial score (nSPS) is 11.6. The van der Waals surface area contributed by atoms with Crippen LogP contribution >= 0.6 is 17.0 Å². The predicted octanol–water partition coefficient (Wildman–Crippen LogP) is 11.8. The fraction of sp³-hybridized carbons (Fsp3) is 1.00. The van der Waals surface area contributed by atoms with E-state index in [9.17, 15) is 0 Å². The molecule has 0 fully saturated rings. The topological polar surface area (TPSA) is 0 Å². The summed E-state index contributed by atoms with van der Waals surface area (Å²) < 4.78 is 1.48. The van der Waals surface area contributed by atoms with Gasteiger partial charge in [0, 0.05) is 0 Å². The van der Waals surface area contributed by atoms with Gasteiger partial charge in [-0.1, -0.05) is 130 Å². The van der Waals surface area contributed by atoms with Gasteiger partial charge in [-0.05, 0) is 51.4 Å². The number of halogens is 1. The zero-order valence-corrected chi connectivity index (χ0v) is 26.4. The standard InChI is InChI=1S/C32H68N.BrH/c1-5-9-13-17-21-25-29-33(30-26-22-18-14-10-6-2,31-27-23-19-15-11-7-3)32-28-24-20-16-12-8-4;/h5-32H2,1-4H3;1H/q+1;. The lowest BCUT2D eigenvalue weighted by molar-refractivity contribution is -0.929. The summed E-state index contributed by atoms with van der Waals surface area (Å²) in [5.74, 6) is 0. The first-order valence-electron chi connectivity index (χ1n) is 16.1. The Morgan fingerprint density at radius 3 is 0.647 bits per heavy atom. The van der Waals surface area contributed by atoms with Crippen molar-refractivity contribution in [3.05, 3.63) is 0 Å².